The van der Waals surface area contributed by atoms with Crippen molar-refractivity contribution in [1.82, 2.24) is 9.97 Å². The Hall–Kier alpha value is -1.78. The number of aromatic nitrogens is 2. The van der Waals surface area contributed by atoms with Crippen LogP contribution in [-0.2, 0) is 6.54 Å². The first-order chi connectivity index (χ1) is 10.3. The molecule has 3 rings (SSSR count). The number of rotatable bonds is 4. The minimum Gasteiger partial charge on any atom is -0.365 e. The number of fused-ring (bicyclic) bond motifs is 1. The smallest absolute Gasteiger partial charge is 0.224 e. The Morgan fingerprint density at radius 3 is 2.67 bits per heavy atom. The van der Waals surface area contributed by atoms with Gasteiger partial charge in [0.05, 0.1) is 5.52 Å². The summed E-state index contributed by atoms with van der Waals surface area (Å²) in [5.41, 5.74) is 2.05. The topological polar surface area (TPSA) is 37.8 Å². The van der Waals surface area contributed by atoms with Crippen molar-refractivity contribution in [2.45, 2.75) is 11.4 Å². The van der Waals surface area contributed by atoms with Crippen LogP contribution in [0.25, 0.3) is 10.9 Å². The molecule has 1 aromatic heterocycles. The van der Waals surface area contributed by atoms with E-state index in [0.717, 1.165) is 16.7 Å². The first-order valence-electron chi connectivity index (χ1n) is 6.55. The fourth-order valence-electron chi connectivity index (χ4n) is 2.12. The first kappa shape index (κ1) is 14.2. The SMILES string of the molecule is CSc1ccc2nc(Cl)nc(NCc3ccccc3)c2c1. The van der Waals surface area contributed by atoms with E-state index >= 15 is 0 Å². The molecule has 5 heteroatoms. The molecule has 0 aliphatic rings. The molecule has 0 bridgehead atoms. The molecule has 0 saturated carbocycles. The van der Waals surface area contributed by atoms with Crippen molar-refractivity contribution in [3.05, 3.63) is 59.4 Å². The van der Waals surface area contributed by atoms with Crippen molar-refractivity contribution < 1.29 is 0 Å². The zero-order chi connectivity index (χ0) is 14.7. The van der Waals surface area contributed by atoms with Gasteiger partial charge in [-0.25, -0.2) is 9.97 Å². The fourth-order valence-corrected chi connectivity index (χ4v) is 2.74. The van der Waals surface area contributed by atoms with Crippen LogP contribution in [0.2, 0.25) is 5.28 Å². The molecular formula is C16H14ClN3S. The molecule has 0 aliphatic carbocycles. The van der Waals surface area contributed by atoms with Gasteiger partial charge in [-0.05, 0) is 41.6 Å². The highest BCUT2D eigenvalue weighted by molar-refractivity contribution is 7.98. The number of nitrogens with zero attached hydrogens (tertiary/aromatic N) is 2. The molecule has 0 unspecified atom stereocenters. The third kappa shape index (κ3) is 3.28. The minimum atomic E-state index is 0.259. The highest BCUT2D eigenvalue weighted by Gasteiger charge is 2.07. The summed E-state index contributed by atoms with van der Waals surface area (Å²) in [5, 5.41) is 4.60. The van der Waals surface area contributed by atoms with Gasteiger partial charge in [-0.3, -0.25) is 0 Å². The molecule has 0 amide bonds. The second-order valence-electron chi connectivity index (χ2n) is 4.56. The molecular weight excluding hydrogens is 302 g/mol. The van der Waals surface area contributed by atoms with E-state index in [1.165, 1.54) is 10.5 Å². The summed E-state index contributed by atoms with van der Waals surface area (Å²) in [4.78, 5) is 9.77. The van der Waals surface area contributed by atoms with Gasteiger partial charge in [0.15, 0.2) is 0 Å². The minimum absolute atomic E-state index is 0.259. The lowest BCUT2D eigenvalue weighted by molar-refractivity contribution is 1.10. The number of thioether (sulfide) groups is 1. The predicted molar refractivity (Wildman–Crippen MR) is 90.1 cm³/mol. The summed E-state index contributed by atoms with van der Waals surface area (Å²) in [6.07, 6.45) is 2.05. The Labute approximate surface area is 132 Å². The molecule has 106 valence electrons. The molecule has 2 aromatic carbocycles. The van der Waals surface area contributed by atoms with Gasteiger partial charge in [-0.1, -0.05) is 30.3 Å². The van der Waals surface area contributed by atoms with E-state index in [4.69, 9.17) is 11.6 Å². The summed E-state index contributed by atoms with van der Waals surface area (Å²) in [5.74, 6) is 0.768. The van der Waals surface area contributed by atoms with Crippen LogP contribution in [0, 0.1) is 0 Å². The average molecular weight is 316 g/mol. The zero-order valence-electron chi connectivity index (χ0n) is 11.5. The summed E-state index contributed by atoms with van der Waals surface area (Å²) >= 11 is 7.71. The molecule has 0 saturated heterocycles. The maximum absolute atomic E-state index is 6.01. The summed E-state index contributed by atoms with van der Waals surface area (Å²) in [7, 11) is 0. The third-order valence-electron chi connectivity index (χ3n) is 3.18. The molecule has 3 nitrogen and oxygen atoms in total. The van der Waals surface area contributed by atoms with Gasteiger partial charge in [-0.15, -0.1) is 11.8 Å². The molecule has 3 aromatic rings. The molecule has 21 heavy (non-hydrogen) atoms. The van der Waals surface area contributed by atoms with E-state index < -0.39 is 0 Å². The molecule has 1 heterocycles. The van der Waals surface area contributed by atoms with Gasteiger partial charge in [0.1, 0.15) is 5.82 Å². The average Bonchev–Trinajstić information content (AvgIpc) is 2.53. The summed E-state index contributed by atoms with van der Waals surface area (Å²) in [6.45, 7) is 0.701. The second kappa shape index (κ2) is 6.33. The van der Waals surface area contributed by atoms with E-state index in [2.05, 4.69) is 39.7 Å². The first-order valence-corrected chi connectivity index (χ1v) is 8.15. The van der Waals surface area contributed by atoms with Crippen LogP contribution in [0.4, 0.5) is 5.82 Å². The standard InChI is InChI=1S/C16H14ClN3S/c1-21-12-7-8-14-13(9-12)15(20-16(17)19-14)18-10-11-5-3-2-4-6-11/h2-9H,10H2,1H3,(H,18,19,20). The lowest BCUT2D eigenvalue weighted by Gasteiger charge is -2.10. The Balaban J connectivity index is 1.96. The maximum atomic E-state index is 6.01. The molecule has 0 radical (unpaired) electrons. The summed E-state index contributed by atoms with van der Waals surface area (Å²) in [6, 6.07) is 16.3. The van der Waals surface area contributed by atoms with Crippen molar-refractivity contribution in [1.29, 1.82) is 0 Å². The highest BCUT2D eigenvalue weighted by atomic mass is 35.5. The molecule has 0 spiro atoms. The van der Waals surface area contributed by atoms with Gasteiger partial charge >= 0.3 is 0 Å². The van der Waals surface area contributed by atoms with Crippen molar-refractivity contribution in [2.75, 3.05) is 11.6 Å². The lowest BCUT2D eigenvalue weighted by atomic mass is 10.2. The Kier molecular flexibility index (Phi) is 4.27. The third-order valence-corrected chi connectivity index (χ3v) is 4.07. The highest BCUT2D eigenvalue weighted by Crippen LogP contribution is 2.27. The van der Waals surface area contributed by atoms with Gasteiger partial charge < -0.3 is 5.32 Å². The van der Waals surface area contributed by atoms with Crippen LogP contribution in [0.3, 0.4) is 0 Å². The largest absolute Gasteiger partial charge is 0.365 e. The van der Waals surface area contributed by atoms with Gasteiger partial charge in [0.25, 0.3) is 0 Å². The van der Waals surface area contributed by atoms with E-state index in [0.29, 0.717) is 6.54 Å². The van der Waals surface area contributed by atoms with E-state index in [9.17, 15) is 0 Å². The Bertz CT molecular complexity index is 762. The lowest BCUT2D eigenvalue weighted by Crippen LogP contribution is -2.03. The Morgan fingerprint density at radius 1 is 1.10 bits per heavy atom. The Morgan fingerprint density at radius 2 is 1.90 bits per heavy atom. The van der Waals surface area contributed by atoms with Crippen LogP contribution >= 0.6 is 23.4 Å². The monoisotopic (exact) mass is 315 g/mol. The molecule has 1 N–H and O–H groups in total. The quantitative estimate of drug-likeness (QED) is 0.563. The zero-order valence-corrected chi connectivity index (χ0v) is 13.1. The number of hydrogen-bond acceptors (Lipinski definition) is 4. The molecule has 0 atom stereocenters. The van der Waals surface area contributed by atoms with Crippen molar-refractivity contribution in [3.63, 3.8) is 0 Å². The fraction of sp³-hybridized carbons (Fsp3) is 0.125. The van der Waals surface area contributed by atoms with Crippen molar-refractivity contribution in [2.24, 2.45) is 0 Å². The number of benzene rings is 2. The summed E-state index contributed by atoms with van der Waals surface area (Å²) < 4.78 is 0. The van der Waals surface area contributed by atoms with Crippen LogP contribution < -0.4 is 5.32 Å². The van der Waals surface area contributed by atoms with E-state index in [-0.39, 0.29) is 5.28 Å². The molecule has 0 fully saturated rings. The van der Waals surface area contributed by atoms with Crippen LogP contribution in [0.1, 0.15) is 5.56 Å². The number of anilines is 1. The van der Waals surface area contributed by atoms with E-state index in [1.807, 2.05) is 30.3 Å². The number of nitrogens with one attached hydrogen (secondary N) is 1. The van der Waals surface area contributed by atoms with Gasteiger partial charge in [-0.2, -0.15) is 0 Å². The van der Waals surface area contributed by atoms with Crippen molar-refractivity contribution >= 4 is 40.1 Å². The maximum Gasteiger partial charge on any atom is 0.224 e. The normalized spacial score (nSPS) is 10.8. The van der Waals surface area contributed by atoms with Crippen LogP contribution in [0.5, 0.6) is 0 Å². The van der Waals surface area contributed by atoms with Crippen LogP contribution in [0.15, 0.2) is 53.4 Å². The van der Waals surface area contributed by atoms with Crippen LogP contribution in [-0.4, -0.2) is 16.2 Å². The predicted octanol–water partition coefficient (Wildman–Crippen LogP) is 4.62. The second-order valence-corrected chi connectivity index (χ2v) is 5.78. The molecule has 0 aliphatic heterocycles. The van der Waals surface area contributed by atoms with Gasteiger partial charge in [0, 0.05) is 16.8 Å². The van der Waals surface area contributed by atoms with E-state index in [1.54, 1.807) is 11.8 Å². The van der Waals surface area contributed by atoms with Gasteiger partial charge in [0.2, 0.25) is 5.28 Å². The van der Waals surface area contributed by atoms with Crippen molar-refractivity contribution in [3.8, 4) is 0 Å². The number of hydrogen-bond donors (Lipinski definition) is 1. The number of halogens is 1.